The van der Waals surface area contributed by atoms with Crippen molar-refractivity contribution >= 4 is 34.4 Å². The fourth-order valence-corrected chi connectivity index (χ4v) is 2.28. The van der Waals surface area contributed by atoms with Gasteiger partial charge in [-0.2, -0.15) is 0 Å². The molecule has 0 amide bonds. The van der Waals surface area contributed by atoms with E-state index in [1.54, 1.807) is 24.3 Å². The van der Waals surface area contributed by atoms with Crippen LogP contribution in [0.1, 0.15) is 0 Å². The Morgan fingerprint density at radius 1 is 1.10 bits per heavy atom. The summed E-state index contributed by atoms with van der Waals surface area (Å²) in [6, 6.07) is 6.81. The van der Waals surface area contributed by atoms with E-state index >= 15 is 0 Å². The summed E-state index contributed by atoms with van der Waals surface area (Å²) in [5, 5.41) is 0.675. The lowest BCUT2D eigenvalue weighted by Gasteiger charge is -2.07. The molecule has 1 aromatic carbocycles. The number of rotatable bonds is 1. The van der Waals surface area contributed by atoms with Crippen LogP contribution < -0.4 is 11.2 Å². The van der Waals surface area contributed by atoms with Gasteiger partial charge in [0, 0.05) is 17.6 Å². The second kappa shape index (κ2) is 4.98. The average molecular weight is 323 g/mol. The zero-order chi connectivity index (χ0) is 15.1. The fourth-order valence-electron chi connectivity index (χ4n) is 1.92. The van der Waals surface area contributed by atoms with Gasteiger partial charge in [0.1, 0.15) is 5.69 Å². The number of hydrogen-bond donors (Lipinski definition) is 1. The van der Waals surface area contributed by atoms with Crippen LogP contribution in [0.15, 0.2) is 33.9 Å². The highest BCUT2D eigenvalue weighted by atomic mass is 35.5. The number of aromatic nitrogens is 4. The van der Waals surface area contributed by atoms with E-state index in [-0.39, 0.29) is 16.3 Å². The van der Waals surface area contributed by atoms with E-state index in [1.807, 2.05) is 0 Å². The van der Waals surface area contributed by atoms with Crippen LogP contribution >= 0.6 is 23.2 Å². The number of H-pyrrole nitrogens is 1. The van der Waals surface area contributed by atoms with Gasteiger partial charge in [0.2, 0.25) is 0 Å². The molecule has 0 aliphatic carbocycles. The number of aryl methyl sites for hydroxylation is 1. The van der Waals surface area contributed by atoms with Gasteiger partial charge in [0.05, 0.1) is 0 Å². The summed E-state index contributed by atoms with van der Waals surface area (Å²) in [5.74, 6) is 0. The molecule has 0 aliphatic rings. The van der Waals surface area contributed by atoms with Crippen molar-refractivity contribution in [2.75, 3.05) is 0 Å². The second-order valence-electron chi connectivity index (χ2n) is 4.36. The Bertz CT molecular complexity index is 961. The normalized spacial score (nSPS) is 11.0. The van der Waals surface area contributed by atoms with E-state index in [9.17, 15) is 9.59 Å². The minimum absolute atomic E-state index is 0.0476. The summed E-state index contributed by atoms with van der Waals surface area (Å²) in [5.41, 5.74) is 0.0274. The fraction of sp³-hybridized carbons (Fsp3) is 0.0769. The predicted molar refractivity (Wildman–Crippen MR) is 80.9 cm³/mol. The molecule has 0 saturated heterocycles. The van der Waals surface area contributed by atoms with Crippen LogP contribution in [0.5, 0.6) is 0 Å². The van der Waals surface area contributed by atoms with Gasteiger partial charge in [-0.15, -0.1) is 0 Å². The maximum Gasteiger partial charge on any atom is 0.329 e. The molecule has 21 heavy (non-hydrogen) atoms. The van der Waals surface area contributed by atoms with Crippen molar-refractivity contribution in [3.8, 4) is 11.3 Å². The summed E-state index contributed by atoms with van der Waals surface area (Å²) in [6.45, 7) is 0. The van der Waals surface area contributed by atoms with Crippen LogP contribution in [0.25, 0.3) is 22.4 Å². The lowest BCUT2D eigenvalue weighted by molar-refractivity contribution is 0.824. The lowest BCUT2D eigenvalue weighted by atomic mass is 10.1. The van der Waals surface area contributed by atoms with Crippen molar-refractivity contribution in [3.63, 3.8) is 0 Å². The topological polar surface area (TPSA) is 80.6 Å². The van der Waals surface area contributed by atoms with E-state index in [0.29, 0.717) is 16.3 Å². The SMILES string of the molecule is Cn1c(=O)[nH]c(=O)c2nc(-c3ccc(Cl)cc3)c(Cl)nc21. The van der Waals surface area contributed by atoms with Crippen LogP contribution in [-0.2, 0) is 7.05 Å². The molecule has 8 heteroatoms. The molecule has 0 bridgehead atoms. The number of halogens is 2. The largest absolute Gasteiger partial charge is 0.329 e. The van der Waals surface area contributed by atoms with E-state index in [4.69, 9.17) is 23.2 Å². The Morgan fingerprint density at radius 3 is 2.43 bits per heavy atom. The third-order valence-corrected chi connectivity index (χ3v) is 3.53. The van der Waals surface area contributed by atoms with Crippen molar-refractivity contribution in [1.82, 2.24) is 19.5 Å². The van der Waals surface area contributed by atoms with Gasteiger partial charge in [-0.25, -0.2) is 14.8 Å². The lowest BCUT2D eigenvalue weighted by Crippen LogP contribution is -2.29. The molecule has 2 aromatic heterocycles. The molecule has 0 spiro atoms. The van der Waals surface area contributed by atoms with Gasteiger partial charge >= 0.3 is 5.69 Å². The third kappa shape index (κ3) is 2.32. The first-order chi connectivity index (χ1) is 9.97. The summed E-state index contributed by atoms with van der Waals surface area (Å²) in [6.07, 6.45) is 0. The van der Waals surface area contributed by atoms with Crippen molar-refractivity contribution in [1.29, 1.82) is 0 Å². The molecule has 6 nitrogen and oxygen atoms in total. The Balaban J connectivity index is 2.36. The molecule has 0 unspecified atom stereocenters. The zero-order valence-electron chi connectivity index (χ0n) is 10.7. The molecule has 106 valence electrons. The number of nitrogens with one attached hydrogen (secondary N) is 1. The number of benzene rings is 1. The van der Waals surface area contributed by atoms with Crippen LogP contribution in [0.4, 0.5) is 0 Å². The van der Waals surface area contributed by atoms with E-state index in [0.717, 1.165) is 0 Å². The molecule has 0 atom stereocenters. The molecule has 3 aromatic rings. The number of hydrogen-bond acceptors (Lipinski definition) is 4. The maximum absolute atomic E-state index is 11.9. The summed E-state index contributed by atoms with van der Waals surface area (Å²) in [4.78, 5) is 33.9. The molecule has 0 aliphatic heterocycles. The number of nitrogens with zero attached hydrogens (tertiary/aromatic N) is 3. The molecule has 0 radical (unpaired) electrons. The monoisotopic (exact) mass is 322 g/mol. The van der Waals surface area contributed by atoms with E-state index < -0.39 is 11.2 Å². The zero-order valence-corrected chi connectivity index (χ0v) is 12.2. The summed E-state index contributed by atoms with van der Waals surface area (Å²) >= 11 is 12.0. The third-order valence-electron chi connectivity index (χ3n) is 3.01. The number of fused-ring (bicyclic) bond motifs is 1. The maximum atomic E-state index is 11.9. The van der Waals surface area contributed by atoms with Gasteiger partial charge in [0.25, 0.3) is 5.56 Å². The van der Waals surface area contributed by atoms with Gasteiger partial charge < -0.3 is 0 Å². The van der Waals surface area contributed by atoms with Crippen molar-refractivity contribution in [3.05, 3.63) is 55.3 Å². The molecule has 3 rings (SSSR count). The van der Waals surface area contributed by atoms with Crippen molar-refractivity contribution in [2.45, 2.75) is 0 Å². The van der Waals surface area contributed by atoms with Crippen LogP contribution in [0.3, 0.4) is 0 Å². The Labute approximate surface area is 128 Å². The summed E-state index contributed by atoms with van der Waals surface area (Å²) < 4.78 is 1.18. The molecule has 1 N–H and O–H groups in total. The quantitative estimate of drug-likeness (QED) is 0.743. The average Bonchev–Trinajstić information content (AvgIpc) is 2.45. The molecule has 0 saturated carbocycles. The minimum Gasteiger partial charge on any atom is -0.279 e. The molecule has 2 heterocycles. The number of aromatic amines is 1. The van der Waals surface area contributed by atoms with Crippen molar-refractivity contribution in [2.24, 2.45) is 7.05 Å². The van der Waals surface area contributed by atoms with Gasteiger partial charge in [-0.1, -0.05) is 35.3 Å². The standard InChI is InChI=1S/C13H8Cl2N4O2/c1-19-11-9(12(20)18-13(19)21)16-8(10(15)17-11)6-2-4-7(14)5-3-6/h2-5H,1H3,(H,18,20,21). The molecular formula is C13H8Cl2N4O2. The highest BCUT2D eigenvalue weighted by molar-refractivity contribution is 6.32. The highest BCUT2D eigenvalue weighted by Crippen LogP contribution is 2.26. The Kier molecular flexibility index (Phi) is 3.27. The first-order valence-corrected chi connectivity index (χ1v) is 6.65. The van der Waals surface area contributed by atoms with Gasteiger partial charge in [0.15, 0.2) is 16.3 Å². The first kappa shape index (κ1) is 13.8. The summed E-state index contributed by atoms with van der Waals surface area (Å²) in [7, 11) is 1.48. The van der Waals surface area contributed by atoms with Crippen molar-refractivity contribution < 1.29 is 0 Å². The van der Waals surface area contributed by atoms with E-state index in [1.165, 1.54) is 11.6 Å². The molecule has 0 fully saturated rings. The van der Waals surface area contributed by atoms with Crippen LogP contribution in [0.2, 0.25) is 10.2 Å². The van der Waals surface area contributed by atoms with Crippen LogP contribution in [0, 0.1) is 0 Å². The second-order valence-corrected chi connectivity index (χ2v) is 5.15. The van der Waals surface area contributed by atoms with Gasteiger partial charge in [-0.05, 0) is 12.1 Å². The van der Waals surface area contributed by atoms with Crippen LogP contribution in [-0.4, -0.2) is 19.5 Å². The van der Waals surface area contributed by atoms with Gasteiger partial charge in [-0.3, -0.25) is 14.3 Å². The molecular weight excluding hydrogens is 315 g/mol. The Morgan fingerprint density at radius 2 is 1.76 bits per heavy atom. The Hall–Kier alpha value is -2.18. The minimum atomic E-state index is -0.604. The highest BCUT2D eigenvalue weighted by Gasteiger charge is 2.14. The predicted octanol–water partition coefficient (Wildman–Crippen LogP) is 1.99. The smallest absolute Gasteiger partial charge is 0.279 e. The van der Waals surface area contributed by atoms with E-state index in [2.05, 4.69) is 15.0 Å². The first-order valence-electron chi connectivity index (χ1n) is 5.90.